The molecule has 0 fully saturated rings. The highest BCUT2D eigenvalue weighted by molar-refractivity contribution is 6.26. The number of amides is 2. The Bertz CT molecular complexity index is 760. The first-order valence-electron chi connectivity index (χ1n) is 7.62. The average molecular weight is 313 g/mol. The van der Waals surface area contributed by atoms with E-state index in [1.54, 1.807) is 25.3 Å². The molecule has 0 spiro atoms. The molecule has 1 aliphatic heterocycles. The first-order valence-corrected chi connectivity index (χ1v) is 7.62. The van der Waals surface area contributed by atoms with E-state index in [2.05, 4.69) is 0 Å². The molecule has 0 aliphatic carbocycles. The molecule has 0 aromatic heterocycles. The van der Waals surface area contributed by atoms with Crippen molar-refractivity contribution in [3.8, 4) is 5.75 Å². The van der Waals surface area contributed by atoms with E-state index in [0.29, 0.717) is 28.9 Å². The summed E-state index contributed by atoms with van der Waals surface area (Å²) in [6, 6.07) is 8.98. The summed E-state index contributed by atoms with van der Waals surface area (Å²) in [4.78, 5) is 26.6. The quantitative estimate of drug-likeness (QED) is 0.797. The number of hydrogen-bond acceptors (Lipinski definition) is 4. The van der Waals surface area contributed by atoms with E-state index in [-0.39, 0.29) is 24.5 Å². The van der Waals surface area contributed by atoms with Crippen LogP contribution >= 0.6 is 0 Å². The lowest BCUT2D eigenvalue weighted by molar-refractivity contribution is 0.0560. The molecule has 2 amide bonds. The summed E-state index contributed by atoms with van der Waals surface area (Å²) in [5, 5.41) is 1.47. The van der Waals surface area contributed by atoms with Gasteiger partial charge in [-0.25, -0.2) is 0 Å². The third-order valence-electron chi connectivity index (χ3n) is 3.83. The fourth-order valence-electron chi connectivity index (χ4n) is 2.86. The molecular formula is C18H19NO4. The molecule has 0 atom stereocenters. The van der Waals surface area contributed by atoms with Crippen LogP contribution in [0.3, 0.4) is 0 Å². The van der Waals surface area contributed by atoms with Crippen molar-refractivity contribution in [3.63, 3.8) is 0 Å². The van der Waals surface area contributed by atoms with Crippen LogP contribution in [0.25, 0.3) is 10.8 Å². The molecule has 0 saturated carbocycles. The van der Waals surface area contributed by atoms with Crippen molar-refractivity contribution in [2.24, 2.45) is 0 Å². The molecule has 2 aromatic rings. The molecule has 0 bridgehead atoms. The summed E-state index contributed by atoms with van der Waals surface area (Å²) in [5.74, 6) is 0.116. The van der Waals surface area contributed by atoms with E-state index in [0.717, 1.165) is 5.39 Å². The van der Waals surface area contributed by atoms with Gasteiger partial charge >= 0.3 is 0 Å². The zero-order chi connectivity index (χ0) is 16.6. The maximum absolute atomic E-state index is 12.7. The zero-order valence-electron chi connectivity index (χ0n) is 13.5. The van der Waals surface area contributed by atoms with Crippen molar-refractivity contribution < 1.29 is 19.1 Å². The molecule has 2 aromatic carbocycles. The molecule has 3 rings (SSSR count). The Balaban J connectivity index is 2.17. The lowest BCUT2D eigenvalue weighted by Gasteiger charge is -2.27. The van der Waals surface area contributed by atoms with Crippen molar-refractivity contribution in [2.75, 3.05) is 20.3 Å². The van der Waals surface area contributed by atoms with Crippen LogP contribution in [0.4, 0.5) is 0 Å². The first-order chi connectivity index (χ1) is 11.0. The average Bonchev–Trinajstić information content (AvgIpc) is 2.53. The SMILES string of the molecule is COCCN1C(=O)c2cccc3c(OC(C)C)ccc(c23)C1=O. The highest BCUT2D eigenvalue weighted by Gasteiger charge is 2.33. The van der Waals surface area contributed by atoms with Gasteiger partial charge in [-0.2, -0.15) is 0 Å². The summed E-state index contributed by atoms with van der Waals surface area (Å²) in [7, 11) is 1.54. The van der Waals surface area contributed by atoms with Crippen molar-refractivity contribution in [1.29, 1.82) is 0 Å². The minimum atomic E-state index is -0.285. The number of methoxy groups -OCH3 is 1. The van der Waals surface area contributed by atoms with Crippen LogP contribution in [-0.4, -0.2) is 43.1 Å². The minimum Gasteiger partial charge on any atom is -0.490 e. The molecule has 0 unspecified atom stereocenters. The molecule has 120 valence electrons. The van der Waals surface area contributed by atoms with E-state index in [4.69, 9.17) is 9.47 Å². The monoisotopic (exact) mass is 313 g/mol. The van der Waals surface area contributed by atoms with E-state index in [9.17, 15) is 9.59 Å². The summed E-state index contributed by atoms with van der Waals surface area (Å²) in [6.07, 6.45) is 0.0141. The van der Waals surface area contributed by atoms with Gasteiger partial charge in [-0.05, 0) is 32.0 Å². The number of benzene rings is 2. The largest absolute Gasteiger partial charge is 0.490 e. The van der Waals surface area contributed by atoms with Gasteiger partial charge in [-0.15, -0.1) is 0 Å². The maximum atomic E-state index is 12.7. The standard InChI is InChI=1S/C18H19NO4/c1-11(2)23-15-8-7-14-16-12(15)5-4-6-13(16)17(20)19(18(14)21)9-10-22-3/h4-8,11H,9-10H2,1-3H3. The second-order valence-electron chi connectivity index (χ2n) is 5.76. The van der Waals surface area contributed by atoms with Crippen molar-refractivity contribution in [2.45, 2.75) is 20.0 Å². The number of nitrogens with zero attached hydrogens (tertiary/aromatic N) is 1. The van der Waals surface area contributed by atoms with Crippen molar-refractivity contribution >= 4 is 22.6 Å². The number of carbonyl (C=O) groups is 2. The van der Waals surface area contributed by atoms with Crippen LogP contribution in [0.5, 0.6) is 5.75 Å². The van der Waals surface area contributed by atoms with Gasteiger partial charge in [0.25, 0.3) is 11.8 Å². The first kappa shape index (κ1) is 15.5. The Morgan fingerprint density at radius 1 is 1.04 bits per heavy atom. The molecule has 1 heterocycles. The Morgan fingerprint density at radius 2 is 1.74 bits per heavy atom. The van der Waals surface area contributed by atoms with Crippen LogP contribution in [0.2, 0.25) is 0 Å². The Labute approximate surface area is 134 Å². The lowest BCUT2D eigenvalue weighted by atomic mass is 9.93. The maximum Gasteiger partial charge on any atom is 0.261 e. The highest BCUT2D eigenvalue weighted by Crippen LogP contribution is 2.35. The van der Waals surface area contributed by atoms with Crippen molar-refractivity contribution in [1.82, 2.24) is 4.90 Å². The Hall–Kier alpha value is -2.40. The van der Waals surface area contributed by atoms with Gasteiger partial charge in [0.15, 0.2) is 0 Å². The fourth-order valence-corrected chi connectivity index (χ4v) is 2.86. The third-order valence-corrected chi connectivity index (χ3v) is 3.83. The zero-order valence-corrected chi connectivity index (χ0v) is 13.5. The number of hydrogen-bond donors (Lipinski definition) is 0. The summed E-state index contributed by atoms with van der Waals surface area (Å²) in [6.45, 7) is 4.45. The molecule has 5 heteroatoms. The second kappa shape index (κ2) is 6.01. The van der Waals surface area contributed by atoms with Crippen LogP contribution in [-0.2, 0) is 4.74 Å². The van der Waals surface area contributed by atoms with Crippen LogP contribution in [0.1, 0.15) is 34.6 Å². The van der Waals surface area contributed by atoms with Crippen LogP contribution in [0.15, 0.2) is 30.3 Å². The third kappa shape index (κ3) is 2.57. The number of ether oxygens (including phenoxy) is 2. The lowest BCUT2D eigenvalue weighted by Crippen LogP contribution is -2.42. The normalized spacial score (nSPS) is 14.0. The summed E-state index contributed by atoms with van der Waals surface area (Å²) < 4.78 is 10.8. The number of carbonyl (C=O) groups excluding carboxylic acids is 2. The predicted molar refractivity (Wildman–Crippen MR) is 87.0 cm³/mol. The number of imide groups is 1. The van der Waals surface area contributed by atoms with Crippen LogP contribution < -0.4 is 4.74 Å². The predicted octanol–water partition coefficient (Wildman–Crippen LogP) is 2.87. The van der Waals surface area contributed by atoms with Crippen LogP contribution in [0, 0.1) is 0 Å². The Morgan fingerprint density at radius 3 is 2.39 bits per heavy atom. The van der Waals surface area contributed by atoms with Gasteiger partial charge in [0, 0.05) is 29.0 Å². The van der Waals surface area contributed by atoms with Gasteiger partial charge in [-0.3, -0.25) is 14.5 Å². The highest BCUT2D eigenvalue weighted by atomic mass is 16.5. The molecule has 1 aliphatic rings. The summed E-state index contributed by atoms with van der Waals surface area (Å²) in [5.41, 5.74) is 1.06. The topological polar surface area (TPSA) is 55.8 Å². The van der Waals surface area contributed by atoms with Gasteiger partial charge in [0.2, 0.25) is 0 Å². The summed E-state index contributed by atoms with van der Waals surface area (Å²) >= 11 is 0. The van der Waals surface area contributed by atoms with E-state index >= 15 is 0 Å². The molecule has 23 heavy (non-hydrogen) atoms. The van der Waals surface area contributed by atoms with E-state index in [1.807, 2.05) is 26.0 Å². The van der Waals surface area contributed by atoms with Gasteiger partial charge in [-0.1, -0.05) is 12.1 Å². The molecular weight excluding hydrogens is 294 g/mol. The molecule has 0 saturated heterocycles. The van der Waals surface area contributed by atoms with Crippen molar-refractivity contribution in [3.05, 3.63) is 41.5 Å². The Kier molecular flexibility index (Phi) is 4.05. The smallest absolute Gasteiger partial charge is 0.261 e. The number of rotatable bonds is 5. The van der Waals surface area contributed by atoms with E-state index in [1.165, 1.54) is 4.90 Å². The molecule has 5 nitrogen and oxygen atoms in total. The molecule has 0 radical (unpaired) electrons. The van der Waals surface area contributed by atoms with Gasteiger partial charge < -0.3 is 9.47 Å². The molecule has 0 N–H and O–H groups in total. The minimum absolute atomic E-state index is 0.0141. The second-order valence-corrected chi connectivity index (χ2v) is 5.76. The van der Waals surface area contributed by atoms with Gasteiger partial charge in [0.1, 0.15) is 5.75 Å². The fraction of sp³-hybridized carbons (Fsp3) is 0.333. The van der Waals surface area contributed by atoms with E-state index < -0.39 is 0 Å². The van der Waals surface area contributed by atoms with Gasteiger partial charge in [0.05, 0.1) is 19.3 Å².